The maximum atomic E-state index is 12.9. The summed E-state index contributed by atoms with van der Waals surface area (Å²) in [7, 11) is -0.548. The average Bonchev–Trinajstić information content (AvgIpc) is 2.69. The minimum atomic E-state index is -3.66. The van der Waals surface area contributed by atoms with E-state index in [9.17, 15) is 13.2 Å². The van der Waals surface area contributed by atoms with Crippen molar-refractivity contribution in [2.24, 2.45) is 0 Å². The van der Waals surface area contributed by atoms with Gasteiger partial charge in [-0.1, -0.05) is 30.7 Å². The Balaban J connectivity index is 2.30. The van der Waals surface area contributed by atoms with Gasteiger partial charge >= 0.3 is 0 Å². The van der Waals surface area contributed by atoms with Gasteiger partial charge < -0.3 is 14.8 Å². The van der Waals surface area contributed by atoms with Gasteiger partial charge in [0, 0.05) is 0 Å². The molecule has 0 saturated carbocycles. The quantitative estimate of drug-likeness (QED) is 0.633. The van der Waals surface area contributed by atoms with E-state index in [0.29, 0.717) is 23.6 Å². The van der Waals surface area contributed by atoms with Gasteiger partial charge in [0.05, 0.1) is 32.2 Å². The van der Waals surface area contributed by atoms with Crippen molar-refractivity contribution in [1.29, 1.82) is 0 Å². The summed E-state index contributed by atoms with van der Waals surface area (Å²) in [5.41, 5.74) is 4.05. The number of anilines is 1. The smallest absolute Gasteiger partial charge is 0.241 e. The van der Waals surface area contributed by atoms with Gasteiger partial charge in [0.2, 0.25) is 15.9 Å². The minimum absolute atomic E-state index is 0.297. The maximum absolute atomic E-state index is 12.9. The second kappa shape index (κ2) is 10.0. The molecule has 31 heavy (non-hydrogen) atoms. The number of nitrogens with one attached hydrogen (secondary N) is 1. The van der Waals surface area contributed by atoms with Crippen LogP contribution in [0.4, 0.5) is 5.69 Å². The third-order valence-corrected chi connectivity index (χ3v) is 6.24. The summed E-state index contributed by atoms with van der Waals surface area (Å²) in [6.45, 7) is 7.31. The number of carbonyl (C=O) groups excluding carboxylic acids is 1. The van der Waals surface area contributed by atoms with Crippen LogP contribution >= 0.6 is 0 Å². The lowest BCUT2D eigenvalue weighted by Gasteiger charge is -2.27. The fraction of sp³-hybridized carbons (Fsp3) is 0.435. The maximum Gasteiger partial charge on any atom is 0.241 e. The zero-order valence-electron chi connectivity index (χ0n) is 19.3. The molecule has 0 aromatic heterocycles. The van der Waals surface area contributed by atoms with E-state index in [4.69, 9.17) is 9.47 Å². The Bertz CT molecular complexity index is 1030. The van der Waals surface area contributed by atoms with Crippen molar-refractivity contribution in [2.45, 2.75) is 40.2 Å². The lowest BCUT2D eigenvalue weighted by Crippen LogP contribution is -2.42. The molecule has 0 aliphatic rings. The molecule has 0 fully saturated rings. The van der Waals surface area contributed by atoms with Crippen molar-refractivity contribution < 1.29 is 22.7 Å². The Labute approximate surface area is 185 Å². The van der Waals surface area contributed by atoms with Gasteiger partial charge in [0.15, 0.2) is 11.5 Å². The number of rotatable bonds is 9. The molecule has 0 saturated heterocycles. The molecule has 0 spiro atoms. The normalized spacial score (nSPS) is 12.2. The van der Waals surface area contributed by atoms with Crippen LogP contribution in [-0.2, 0) is 14.8 Å². The first-order chi connectivity index (χ1) is 14.5. The Morgan fingerprint density at radius 3 is 2.10 bits per heavy atom. The van der Waals surface area contributed by atoms with Crippen molar-refractivity contribution in [3.05, 3.63) is 52.6 Å². The fourth-order valence-electron chi connectivity index (χ4n) is 3.79. The van der Waals surface area contributed by atoms with Crippen molar-refractivity contribution >= 4 is 21.6 Å². The highest BCUT2D eigenvalue weighted by Crippen LogP contribution is 2.31. The summed E-state index contributed by atoms with van der Waals surface area (Å²) in [5.74, 6) is 0.781. The van der Waals surface area contributed by atoms with E-state index in [1.54, 1.807) is 20.3 Å². The minimum Gasteiger partial charge on any atom is -0.493 e. The monoisotopic (exact) mass is 448 g/mol. The predicted octanol–water partition coefficient (Wildman–Crippen LogP) is 3.66. The second-order valence-corrected chi connectivity index (χ2v) is 9.57. The number of aryl methyl sites for hydroxylation is 3. The standard InChI is InChI=1S/C23H32N2O5S/c1-8-19(18-9-10-20(29-5)21(13-18)30-6)24-22(26)14-25(31(7,27)28)23-16(3)11-15(2)12-17(23)4/h9-13,19H,8,14H2,1-7H3,(H,24,26). The summed E-state index contributed by atoms with van der Waals surface area (Å²) < 4.78 is 36.9. The van der Waals surface area contributed by atoms with Crippen LogP contribution in [0.25, 0.3) is 0 Å². The van der Waals surface area contributed by atoms with E-state index < -0.39 is 10.0 Å². The number of benzene rings is 2. The van der Waals surface area contributed by atoms with Gasteiger partial charge in [-0.3, -0.25) is 9.10 Å². The molecule has 170 valence electrons. The van der Waals surface area contributed by atoms with Gasteiger partial charge in [-0.2, -0.15) is 0 Å². The van der Waals surface area contributed by atoms with Crippen LogP contribution in [0.3, 0.4) is 0 Å². The summed E-state index contributed by atoms with van der Waals surface area (Å²) in [6, 6.07) is 8.99. The third kappa shape index (κ3) is 5.91. The Morgan fingerprint density at radius 2 is 1.61 bits per heavy atom. The molecule has 2 rings (SSSR count). The molecule has 7 nitrogen and oxygen atoms in total. The van der Waals surface area contributed by atoms with Crippen molar-refractivity contribution in [2.75, 3.05) is 31.3 Å². The number of hydrogen-bond acceptors (Lipinski definition) is 5. The van der Waals surface area contributed by atoms with Gasteiger partial charge in [-0.15, -0.1) is 0 Å². The van der Waals surface area contributed by atoms with E-state index in [-0.39, 0.29) is 18.5 Å². The first kappa shape index (κ1) is 24.5. The second-order valence-electron chi connectivity index (χ2n) is 7.66. The van der Waals surface area contributed by atoms with Crippen molar-refractivity contribution in [3.63, 3.8) is 0 Å². The SMILES string of the molecule is CCC(NC(=O)CN(c1c(C)cc(C)cc1C)S(C)(=O)=O)c1ccc(OC)c(OC)c1. The highest BCUT2D eigenvalue weighted by molar-refractivity contribution is 7.92. The van der Waals surface area contributed by atoms with Crippen LogP contribution in [0.2, 0.25) is 0 Å². The molecule has 2 aromatic carbocycles. The molecule has 0 heterocycles. The molecular formula is C23H32N2O5S. The Hall–Kier alpha value is -2.74. The molecule has 0 aliphatic heterocycles. The molecule has 0 aliphatic carbocycles. The number of carbonyl (C=O) groups is 1. The van der Waals surface area contributed by atoms with Crippen LogP contribution in [0.5, 0.6) is 11.5 Å². The molecule has 1 N–H and O–H groups in total. The zero-order chi connectivity index (χ0) is 23.3. The van der Waals surface area contributed by atoms with Crippen LogP contribution < -0.4 is 19.1 Å². The van der Waals surface area contributed by atoms with Crippen molar-refractivity contribution in [1.82, 2.24) is 5.32 Å². The molecule has 1 amide bonds. The van der Waals surface area contributed by atoms with Crippen LogP contribution in [0.1, 0.15) is 41.6 Å². The van der Waals surface area contributed by atoms with Crippen LogP contribution in [0, 0.1) is 20.8 Å². The number of nitrogens with zero attached hydrogens (tertiary/aromatic N) is 1. The number of sulfonamides is 1. The van der Waals surface area contributed by atoms with E-state index in [2.05, 4.69) is 5.32 Å². The molecular weight excluding hydrogens is 416 g/mol. The summed E-state index contributed by atoms with van der Waals surface area (Å²) in [5, 5.41) is 2.95. The topological polar surface area (TPSA) is 84.9 Å². The largest absolute Gasteiger partial charge is 0.493 e. The molecule has 8 heteroatoms. The van der Waals surface area contributed by atoms with Crippen LogP contribution in [0.15, 0.2) is 30.3 Å². The highest BCUT2D eigenvalue weighted by atomic mass is 32.2. The lowest BCUT2D eigenvalue weighted by atomic mass is 10.0. The van der Waals surface area contributed by atoms with Gasteiger partial charge in [-0.25, -0.2) is 8.42 Å². The first-order valence-electron chi connectivity index (χ1n) is 10.1. The Morgan fingerprint density at radius 1 is 1.03 bits per heavy atom. The lowest BCUT2D eigenvalue weighted by molar-refractivity contribution is -0.120. The predicted molar refractivity (Wildman–Crippen MR) is 124 cm³/mol. The van der Waals surface area contributed by atoms with E-state index in [1.807, 2.05) is 52.0 Å². The zero-order valence-corrected chi connectivity index (χ0v) is 20.1. The fourth-order valence-corrected chi connectivity index (χ4v) is 4.76. The average molecular weight is 449 g/mol. The Kier molecular flexibility index (Phi) is 7.95. The molecule has 1 atom stereocenters. The van der Waals surface area contributed by atoms with E-state index in [0.717, 1.165) is 28.5 Å². The third-order valence-electron chi connectivity index (χ3n) is 5.13. The van der Waals surface area contributed by atoms with Crippen LogP contribution in [-0.4, -0.2) is 41.3 Å². The van der Waals surface area contributed by atoms with E-state index in [1.165, 1.54) is 4.31 Å². The van der Waals surface area contributed by atoms with Crippen molar-refractivity contribution in [3.8, 4) is 11.5 Å². The van der Waals surface area contributed by atoms with Gasteiger partial charge in [0.25, 0.3) is 0 Å². The van der Waals surface area contributed by atoms with Gasteiger partial charge in [-0.05, 0) is 56.0 Å². The molecule has 1 unspecified atom stereocenters. The number of hydrogen-bond donors (Lipinski definition) is 1. The summed E-state index contributed by atoms with van der Waals surface area (Å²) in [6.07, 6.45) is 1.74. The number of methoxy groups -OCH3 is 2. The first-order valence-corrected chi connectivity index (χ1v) is 11.9. The highest BCUT2D eigenvalue weighted by Gasteiger charge is 2.25. The van der Waals surface area contributed by atoms with E-state index >= 15 is 0 Å². The number of amides is 1. The molecule has 2 aromatic rings. The number of ether oxygens (including phenoxy) is 2. The molecule has 0 bridgehead atoms. The summed E-state index contributed by atoms with van der Waals surface area (Å²) >= 11 is 0. The molecule has 0 radical (unpaired) electrons. The summed E-state index contributed by atoms with van der Waals surface area (Å²) in [4.78, 5) is 12.9. The van der Waals surface area contributed by atoms with Gasteiger partial charge in [0.1, 0.15) is 6.54 Å².